The van der Waals surface area contributed by atoms with Crippen molar-refractivity contribution in [3.8, 4) is 11.5 Å². The number of nitrogens with one attached hydrogen (secondary N) is 1. The van der Waals surface area contributed by atoms with Gasteiger partial charge in [0, 0.05) is 13.0 Å². The molecule has 8 nitrogen and oxygen atoms in total. The number of aromatic hydroxyl groups is 2. The Kier molecular flexibility index (Phi) is 4.81. The number of fused-ring (bicyclic) bond motifs is 1. The normalized spacial score (nSPS) is 14.0. The van der Waals surface area contributed by atoms with E-state index in [1.807, 2.05) is 14.1 Å². The number of quaternary nitrogens is 1. The van der Waals surface area contributed by atoms with Crippen LogP contribution in [0.25, 0.3) is 0 Å². The first-order valence-electron chi connectivity index (χ1n) is 7.46. The second-order valence-electron chi connectivity index (χ2n) is 6.06. The Morgan fingerprint density at radius 1 is 1.12 bits per heavy atom. The summed E-state index contributed by atoms with van der Waals surface area (Å²) in [5, 5.41) is 23.4. The molecule has 0 saturated heterocycles. The van der Waals surface area contributed by atoms with Crippen LogP contribution in [0, 0.1) is 0 Å². The molecule has 0 spiro atoms. The van der Waals surface area contributed by atoms with E-state index in [1.165, 1.54) is 0 Å². The number of phenolic OH excluding ortho intramolecular Hbond substituents is 2. The van der Waals surface area contributed by atoms with Gasteiger partial charge in [0.1, 0.15) is 17.9 Å². The third-order valence-electron chi connectivity index (χ3n) is 4.03. The van der Waals surface area contributed by atoms with Crippen molar-refractivity contribution in [1.29, 1.82) is 0 Å². The molecule has 2 rings (SSSR count). The number of allylic oxidation sites excluding steroid dienone is 2. The quantitative estimate of drug-likeness (QED) is 0.153. The van der Waals surface area contributed by atoms with E-state index in [-0.39, 0.29) is 22.5 Å². The lowest BCUT2D eigenvalue weighted by Gasteiger charge is -2.25. The van der Waals surface area contributed by atoms with Gasteiger partial charge in [-0.25, -0.2) is 4.84 Å². The molecule has 0 heterocycles. The average molecular weight is 336 g/mol. The molecular weight excluding hydrogens is 314 g/mol. The van der Waals surface area contributed by atoms with Crippen LogP contribution in [0.2, 0.25) is 0 Å². The number of hydrogen-bond acceptors (Lipinski definition) is 7. The summed E-state index contributed by atoms with van der Waals surface area (Å²) in [6.45, 7) is 1.13. The molecule has 0 radical (unpaired) electrons. The lowest BCUT2D eigenvalue weighted by atomic mass is 9.91. The maximum atomic E-state index is 12.0. The molecule has 1 aromatic rings. The molecule has 0 fully saturated rings. The van der Waals surface area contributed by atoms with Crippen molar-refractivity contribution in [3.05, 3.63) is 23.3 Å². The molecule has 0 unspecified atom stereocenters. The number of nitrogens with two attached hydrogens (primary N) is 1. The Morgan fingerprint density at radius 3 is 2.21 bits per heavy atom. The van der Waals surface area contributed by atoms with Crippen LogP contribution in [0.3, 0.4) is 0 Å². The van der Waals surface area contributed by atoms with E-state index < -0.39 is 23.1 Å². The van der Waals surface area contributed by atoms with Gasteiger partial charge < -0.3 is 21.3 Å². The standard InChI is InChI=1S/C16H21N3O5/c1-19(2,24-3)8-4-7-18-14-13(17)15(22)11-9(20)5-6-10(21)12(11)16(14)23/h5-6H,4,7-8H2,1-3H3,(H4-,17,18,20,21,22,23)/p+1. The summed E-state index contributed by atoms with van der Waals surface area (Å²) in [5.74, 6) is -2.06. The number of rotatable bonds is 6. The number of carbonyl (C=O) groups is 2. The number of anilines is 2. The maximum Gasteiger partial charge on any atom is 0.190 e. The Bertz CT molecular complexity index is 725. The number of phenols is 2. The predicted molar refractivity (Wildman–Crippen MR) is 89.1 cm³/mol. The first-order valence-corrected chi connectivity index (χ1v) is 7.46. The van der Waals surface area contributed by atoms with E-state index >= 15 is 0 Å². The summed E-state index contributed by atoms with van der Waals surface area (Å²) in [6.07, 6.45) is 2.79. The fourth-order valence-electron chi connectivity index (χ4n) is 2.48. The molecule has 0 aromatic heterocycles. The zero-order valence-corrected chi connectivity index (χ0v) is 13.9. The number of nitrogens with zero attached hydrogens (tertiary/aromatic N) is 1. The van der Waals surface area contributed by atoms with E-state index in [0.717, 1.165) is 12.2 Å². The number of nitrogen functional groups attached to an aromatic ring is 1. The van der Waals surface area contributed by atoms with E-state index in [4.69, 9.17) is 10.6 Å². The van der Waals surface area contributed by atoms with E-state index in [2.05, 4.69) is 5.32 Å². The molecule has 8 heteroatoms. The smallest absolute Gasteiger partial charge is 0.190 e. The van der Waals surface area contributed by atoms with Crippen molar-refractivity contribution < 1.29 is 29.3 Å². The van der Waals surface area contributed by atoms with Gasteiger partial charge in [-0.05, 0) is 12.2 Å². The summed E-state index contributed by atoms with van der Waals surface area (Å²) >= 11 is 0. The number of hydroxylamine groups is 3. The summed E-state index contributed by atoms with van der Waals surface area (Å²) < 4.78 is 0.358. The molecule has 0 saturated carbocycles. The highest BCUT2D eigenvalue weighted by atomic mass is 16.7. The van der Waals surface area contributed by atoms with E-state index in [0.29, 0.717) is 24.2 Å². The first-order chi connectivity index (χ1) is 11.2. The molecule has 1 aliphatic carbocycles. The first kappa shape index (κ1) is 17.8. The zero-order valence-electron chi connectivity index (χ0n) is 13.9. The maximum absolute atomic E-state index is 12.0. The minimum atomic E-state index is -0.574. The van der Waals surface area contributed by atoms with Gasteiger partial charge in [0.2, 0.25) is 0 Å². The molecule has 24 heavy (non-hydrogen) atoms. The van der Waals surface area contributed by atoms with Gasteiger partial charge in [-0.15, -0.1) is 0 Å². The van der Waals surface area contributed by atoms with Gasteiger partial charge in [0.15, 0.2) is 23.1 Å². The largest absolute Gasteiger partial charge is 0.505 e. The van der Waals surface area contributed by atoms with Crippen LogP contribution >= 0.6 is 0 Å². The lowest BCUT2D eigenvalue weighted by molar-refractivity contribution is -1.07. The van der Waals surface area contributed by atoms with Crippen LogP contribution in [-0.4, -0.2) is 60.7 Å². The van der Waals surface area contributed by atoms with Crippen molar-refractivity contribution in [2.45, 2.75) is 6.42 Å². The van der Waals surface area contributed by atoms with Crippen molar-refractivity contribution in [1.82, 2.24) is 0 Å². The Morgan fingerprint density at radius 2 is 1.67 bits per heavy atom. The molecular formula is C16H22N3O5+. The SMILES string of the molecule is CO[N+](C)(C)CCCNc1c(N)c(O)c2c(c1O)C(=O)C=CC2=O. The van der Waals surface area contributed by atoms with Gasteiger partial charge in [-0.3, -0.25) is 9.59 Å². The highest BCUT2D eigenvalue weighted by Crippen LogP contribution is 2.45. The van der Waals surface area contributed by atoms with Crippen molar-refractivity contribution >= 4 is 22.9 Å². The van der Waals surface area contributed by atoms with Crippen molar-refractivity contribution in [2.75, 3.05) is 45.3 Å². The summed E-state index contributed by atoms with van der Waals surface area (Å²) in [4.78, 5) is 29.1. The van der Waals surface area contributed by atoms with Crippen LogP contribution < -0.4 is 11.1 Å². The monoisotopic (exact) mass is 336 g/mol. The van der Waals surface area contributed by atoms with Crippen LogP contribution in [0.1, 0.15) is 27.1 Å². The van der Waals surface area contributed by atoms with Crippen molar-refractivity contribution in [3.63, 3.8) is 0 Å². The molecule has 1 aromatic carbocycles. The number of carbonyl (C=O) groups excluding carboxylic acids is 2. The molecule has 0 aliphatic heterocycles. The third-order valence-corrected chi connectivity index (χ3v) is 4.03. The fourth-order valence-corrected chi connectivity index (χ4v) is 2.48. The highest BCUT2D eigenvalue weighted by molar-refractivity contribution is 6.26. The summed E-state index contributed by atoms with van der Waals surface area (Å²) in [5.41, 5.74) is 5.21. The molecule has 0 amide bonds. The van der Waals surface area contributed by atoms with E-state index in [1.54, 1.807) is 7.11 Å². The van der Waals surface area contributed by atoms with Crippen LogP contribution in [0.15, 0.2) is 12.2 Å². The second-order valence-corrected chi connectivity index (χ2v) is 6.06. The number of benzene rings is 1. The molecule has 130 valence electrons. The Balaban J connectivity index is 2.27. The fraction of sp³-hybridized carbons (Fsp3) is 0.375. The molecule has 0 atom stereocenters. The van der Waals surface area contributed by atoms with Crippen molar-refractivity contribution in [2.24, 2.45) is 0 Å². The number of hydrogen-bond donors (Lipinski definition) is 4. The van der Waals surface area contributed by atoms with Gasteiger partial charge in [-0.1, -0.05) is 0 Å². The molecule has 5 N–H and O–H groups in total. The zero-order chi connectivity index (χ0) is 18.1. The topological polar surface area (TPSA) is 122 Å². The van der Waals surface area contributed by atoms with Gasteiger partial charge >= 0.3 is 0 Å². The minimum Gasteiger partial charge on any atom is -0.505 e. The van der Waals surface area contributed by atoms with Crippen LogP contribution in [-0.2, 0) is 4.84 Å². The summed E-state index contributed by atoms with van der Waals surface area (Å²) in [7, 11) is 5.40. The van der Waals surface area contributed by atoms with Gasteiger partial charge in [-0.2, -0.15) is 4.65 Å². The Hall–Kier alpha value is -2.58. The van der Waals surface area contributed by atoms with Crippen LogP contribution in [0.4, 0.5) is 11.4 Å². The third kappa shape index (κ3) is 3.19. The number of ketones is 2. The highest BCUT2D eigenvalue weighted by Gasteiger charge is 2.31. The summed E-state index contributed by atoms with van der Waals surface area (Å²) in [6, 6.07) is 0. The lowest BCUT2D eigenvalue weighted by Crippen LogP contribution is -2.39. The van der Waals surface area contributed by atoms with E-state index in [9.17, 15) is 19.8 Å². The second kappa shape index (κ2) is 6.50. The minimum absolute atomic E-state index is 0.0467. The predicted octanol–water partition coefficient (Wildman–Crippen LogP) is 1.05. The molecule has 1 aliphatic rings. The van der Waals surface area contributed by atoms with Gasteiger partial charge in [0.05, 0.1) is 32.3 Å². The van der Waals surface area contributed by atoms with Gasteiger partial charge in [0.25, 0.3) is 0 Å². The average Bonchev–Trinajstić information content (AvgIpc) is 2.54. The Labute approximate surface area is 139 Å². The molecule has 0 bridgehead atoms. The van der Waals surface area contributed by atoms with Crippen LogP contribution in [0.5, 0.6) is 11.5 Å².